The van der Waals surface area contributed by atoms with E-state index in [1.54, 1.807) is 25.4 Å². The predicted molar refractivity (Wildman–Crippen MR) is 68.1 cm³/mol. The maximum Gasteiger partial charge on any atom is 0.258 e. The van der Waals surface area contributed by atoms with Crippen LogP contribution in [0.1, 0.15) is 5.82 Å². The monoisotopic (exact) mass is 238 g/mol. The maximum atomic E-state index is 11.7. The van der Waals surface area contributed by atoms with E-state index in [-0.39, 0.29) is 5.56 Å². The smallest absolute Gasteiger partial charge is 0.258 e. The van der Waals surface area contributed by atoms with Crippen LogP contribution in [-0.2, 0) is 0 Å². The third-order valence-corrected chi connectivity index (χ3v) is 2.72. The van der Waals surface area contributed by atoms with E-state index >= 15 is 0 Å². The van der Waals surface area contributed by atoms with Gasteiger partial charge in [-0.15, -0.1) is 0 Å². The molecule has 5 heteroatoms. The number of nitrogens with one attached hydrogen (secondary N) is 1. The molecule has 0 unspecified atom stereocenters. The van der Waals surface area contributed by atoms with E-state index < -0.39 is 0 Å². The Bertz CT molecular complexity index is 765. The topological polar surface area (TPSA) is 71.5 Å². The number of aromatic nitrogens is 4. The van der Waals surface area contributed by atoms with Gasteiger partial charge in [-0.25, -0.2) is 15.0 Å². The second-order valence-electron chi connectivity index (χ2n) is 4.01. The van der Waals surface area contributed by atoms with E-state index in [1.807, 2.05) is 12.1 Å². The summed E-state index contributed by atoms with van der Waals surface area (Å²) in [4.78, 5) is 26.7. The lowest BCUT2D eigenvalue weighted by molar-refractivity contribution is 1.06. The molecule has 3 rings (SSSR count). The summed E-state index contributed by atoms with van der Waals surface area (Å²) >= 11 is 0. The first-order valence-corrected chi connectivity index (χ1v) is 5.50. The summed E-state index contributed by atoms with van der Waals surface area (Å²) in [6, 6.07) is 5.51. The molecule has 0 radical (unpaired) electrons. The average molecular weight is 238 g/mol. The lowest BCUT2D eigenvalue weighted by atomic mass is 10.1. The summed E-state index contributed by atoms with van der Waals surface area (Å²) in [5, 5.41) is 0.584. The molecule has 0 aliphatic rings. The van der Waals surface area contributed by atoms with Gasteiger partial charge in [-0.05, 0) is 24.6 Å². The van der Waals surface area contributed by atoms with Gasteiger partial charge in [-0.2, -0.15) is 0 Å². The van der Waals surface area contributed by atoms with Crippen molar-refractivity contribution in [2.24, 2.45) is 0 Å². The van der Waals surface area contributed by atoms with Crippen molar-refractivity contribution in [3.8, 4) is 11.1 Å². The lowest BCUT2D eigenvalue weighted by Gasteiger charge is -2.03. The minimum Gasteiger partial charge on any atom is -0.310 e. The molecule has 0 aliphatic carbocycles. The van der Waals surface area contributed by atoms with Crippen LogP contribution in [0, 0.1) is 6.92 Å². The molecule has 0 spiro atoms. The molecule has 0 saturated carbocycles. The van der Waals surface area contributed by atoms with Crippen molar-refractivity contribution in [2.75, 3.05) is 0 Å². The molecule has 0 fully saturated rings. The third-order valence-electron chi connectivity index (χ3n) is 2.72. The van der Waals surface area contributed by atoms with E-state index in [0.29, 0.717) is 16.7 Å². The van der Waals surface area contributed by atoms with Crippen LogP contribution >= 0.6 is 0 Å². The van der Waals surface area contributed by atoms with Crippen molar-refractivity contribution in [3.63, 3.8) is 0 Å². The normalized spacial score (nSPS) is 10.7. The number of H-pyrrole nitrogens is 1. The lowest BCUT2D eigenvalue weighted by Crippen LogP contribution is -2.09. The van der Waals surface area contributed by atoms with Crippen molar-refractivity contribution in [1.29, 1.82) is 0 Å². The van der Waals surface area contributed by atoms with Gasteiger partial charge in [-0.3, -0.25) is 4.79 Å². The summed E-state index contributed by atoms with van der Waals surface area (Å²) in [6.07, 6.45) is 4.94. The summed E-state index contributed by atoms with van der Waals surface area (Å²) in [5.74, 6) is 0.606. The Morgan fingerprint density at radius 1 is 1.11 bits per heavy atom. The third kappa shape index (κ3) is 1.75. The van der Waals surface area contributed by atoms with E-state index in [2.05, 4.69) is 19.9 Å². The number of hydrogen-bond donors (Lipinski definition) is 1. The molecule has 0 saturated heterocycles. The SMILES string of the molecule is Cc1nc2cc(-c3cncnc3)ccc2c(=O)[nH]1. The summed E-state index contributed by atoms with van der Waals surface area (Å²) < 4.78 is 0. The van der Waals surface area contributed by atoms with Crippen LogP contribution in [-0.4, -0.2) is 19.9 Å². The van der Waals surface area contributed by atoms with Gasteiger partial charge >= 0.3 is 0 Å². The first-order chi connectivity index (χ1) is 8.74. The highest BCUT2D eigenvalue weighted by Crippen LogP contribution is 2.20. The second-order valence-corrected chi connectivity index (χ2v) is 4.01. The van der Waals surface area contributed by atoms with Crippen LogP contribution < -0.4 is 5.56 Å². The van der Waals surface area contributed by atoms with Crippen LogP contribution in [0.2, 0.25) is 0 Å². The van der Waals surface area contributed by atoms with Gasteiger partial charge in [0.05, 0.1) is 10.9 Å². The molecule has 3 aromatic rings. The fraction of sp³-hybridized carbons (Fsp3) is 0.0769. The van der Waals surface area contributed by atoms with Gasteiger partial charge in [0.25, 0.3) is 5.56 Å². The molecule has 0 amide bonds. The van der Waals surface area contributed by atoms with E-state index in [0.717, 1.165) is 11.1 Å². The molecule has 2 aromatic heterocycles. The molecule has 0 atom stereocenters. The minimum atomic E-state index is -0.117. The van der Waals surface area contributed by atoms with E-state index in [1.165, 1.54) is 6.33 Å². The minimum absolute atomic E-state index is 0.117. The Hall–Kier alpha value is -2.56. The number of aromatic amines is 1. The number of nitrogens with zero attached hydrogens (tertiary/aromatic N) is 3. The first kappa shape index (κ1) is 10.6. The maximum absolute atomic E-state index is 11.7. The van der Waals surface area contributed by atoms with E-state index in [4.69, 9.17) is 0 Å². The molecule has 18 heavy (non-hydrogen) atoms. The van der Waals surface area contributed by atoms with Crippen LogP contribution in [0.15, 0.2) is 41.7 Å². The Kier molecular flexibility index (Phi) is 2.37. The predicted octanol–water partition coefficient (Wildman–Crippen LogP) is 1.69. The van der Waals surface area contributed by atoms with Crippen LogP contribution in [0.4, 0.5) is 0 Å². The largest absolute Gasteiger partial charge is 0.310 e. The number of hydrogen-bond acceptors (Lipinski definition) is 4. The number of benzene rings is 1. The molecular weight excluding hydrogens is 228 g/mol. The van der Waals surface area contributed by atoms with Crippen molar-refractivity contribution in [1.82, 2.24) is 19.9 Å². The first-order valence-electron chi connectivity index (χ1n) is 5.50. The Labute approximate surface area is 103 Å². The van der Waals surface area contributed by atoms with Crippen molar-refractivity contribution < 1.29 is 0 Å². The van der Waals surface area contributed by atoms with Gasteiger partial charge < -0.3 is 4.98 Å². The van der Waals surface area contributed by atoms with Gasteiger partial charge in [0.2, 0.25) is 0 Å². The Morgan fingerprint density at radius 3 is 2.67 bits per heavy atom. The molecule has 1 aromatic carbocycles. The van der Waals surface area contributed by atoms with Crippen LogP contribution in [0.5, 0.6) is 0 Å². The quantitative estimate of drug-likeness (QED) is 0.700. The average Bonchev–Trinajstić information content (AvgIpc) is 2.39. The molecule has 2 heterocycles. The van der Waals surface area contributed by atoms with E-state index in [9.17, 15) is 4.79 Å². The van der Waals surface area contributed by atoms with Crippen molar-refractivity contribution in [2.45, 2.75) is 6.92 Å². The summed E-state index contributed by atoms with van der Waals surface area (Å²) in [5.41, 5.74) is 2.41. The summed E-state index contributed by atoms with van der Waals surface area (Å²) in [7, 11) is 0. The zero-order valence-electron chi connectivity index (χ0n) is 9.71. The second kappa shape index (κ2) is 4.03. The van der Waals surface area contributed by atoms with Crippen LogP contribution in [0.25, 0.3) is 22.0 Å². The van der Waals surface area contributed by atoms with Gasteiger partial charge in [0.1, 0.15) is 12.2 Å². The van der Waals surface area contributed by atoms with Gasteiger partial charge in [0.15, 0.2) is 0 Å². The highest BCUT2D eigenvalue weighted by atomic mass is 16.1. The number of rotatable bonds is 1. The highest BCUT2D eigenvalue weighted by Gasteiger charge is 2.04. The van der Waals surface area contributed by atoms with Crippen molar-refractivity contribution in [3.05, 3.63) is 53.1 Å². The summed E-state index contributed by atoms with van der Waals surface area (Å²) in [6.45, 7) is 1.76. The fourth-order valence-corrected chi connectivity index (χ4v) is 1.88. The molecule has 88 valence electrons. The molecule has 0 aliphatic heterocycles. The molecule has 5 nitrogen and oxygen atoms in total. The van der Waals surface area contributed by atoms with Gasteiger partial charge in [0, 0.05) is 18.0 Å². The number of fused-ring (bicyclic) bond motifs is 1. The standard InChI is InChI=1S/C13H10N4O/c1-8-16-12-4-9(10-5-14-7-15-6-10)2-3-11(12)13(18)17-8/h2-7H,1H3,(H,16,17,18). The zero-order valence-corrected chi connectivity index (χ0v) is 9.71. The molecule has 0 bridgehead atoms. The fourth-order valence-electron chi connectivity index (χ4n) is 1.88. The molecular formula is C13H10N4O. The van der Waals surface area contributed by atoms with Crippen molar-refractivity contribution >= 4 is 10.9 Å². The van der Waals surface area contributed by atoms with Crippen LogP contribution in [0.3, 0.4) is 0 Å². The van der Waals surface area contributed by atoms with Gasteiger partial charge in [-0.1, -0.05) is 6.07 Å². The molecule has 1 N–H and O–H groups in total. The Morgan fingerprint density at radius 2 is 1.89 bits per heavy atom. The number of aryl methyl sites for hydroxylation is 1. The highest BCUT2D eigenvalue weighted by molar-refractivity contribution is 5.83. The Balaban J connectivity index is 2.26. The zero-order chi connectivity index (χ0) is 12.5.